The van der Waals surface area contributed by atoms with E-state index in [2.05, 4.69) is 0 Å². The van der Waals surface area contributed by atoms with Crippen LogP contribution in [0.1, 0.15) is 6.42 Å². The summed E-state index contributed by atoms with van der Waals surface area (Å²) in [5, 5.41) is 0. The molecule has 0 aliphatic carbocycles. The van der Waals surface area contributed by atoms with Crippen molar-refractivity contribution < 1.29 is 9.53 Å². The predicted molar refractivity (Wildman–Crippen MR) is 46.1 cm³/mol. The van der Waals surface area contributed by atoms with Gasteiger partial charge in [0.05, 0.1) is 6.61 Å². The average Bonchev–Trinajstić information content (AvgIpc) is 1.96. The molecule has 1 aliphatic heterocycles. The van der Waals surface area contributed by atoms with Crippen LogP contribution in [0.5, 0.6) is 0 Å². The van der Waals surface area contributed by atoms with Crippen LogP contribution in [0.2, 0.25) is 0 Å². The molecule has 1 fully saturated rings. The Hall–Kier alpha value is -0.770. The second-order valence-corrected chi connectivity index (χ2v) is 3.04. The van der Waals surface area contributed by atoms with Crippen molar-refractivity contribution in [3.05, 3.63) is 0 Å². The molecule has 4 nitrogen and oxygen atoms in total. The Bertz CT molecular complexity index is 157. The van der Waals surface area contributed by atoms with Gasteiger partial charge in [-0.15, -0.1) is 0 Å². The molecule has 1 heterocycles. The summed E-state index contributed by atoms with van der Waals surface area (Å²) in [6, 6.07) is 0.123. The highest BCUT2D eigenvalue weighted by atomic mass is 16.5. The van der Waals surface area contributed by atoms with Gasteiger partial charge in [-0.1, -0.05) is 0 Å². The molecule has 2 amide bonds. The molecule has 70 valence electrons. The number of rotatable bonds is 3. The fourth-order valence-corrected chi connectivity index (χ4v) is 1.07. The smallest absolute Gasteiger partial charge is 0.319 e. The number of ether oxygens (including phenoxy) is 1. The second-order valence-electron chi connectivity index (χ2n) is 3.04. The number of hydrogen-bond donors (Lipinski definition) is 0. The van der Waals surface area contributed by atoms with Gasteiger partial charge in [-0.3, -0.25) is 0 Å². The minimum Gasteiger partial charge on any atom is -0.383 e. The highest BCUT2D eigenvalue weighted by molar-refractivity contribution is 5.74. The number of carbonyl (C=O) groups is 1. The normalized spacial score (nSPS) is 15.7. The lowest BCUT2D eigenvalue weighted by Crippen LogP contribution is -2.49. The first-order valence-electron chi connectivity index (χ1n) is 4.24. The van der Waals surface area contributed by atoms with Crippen LogP contribution < -0.4 is 0 Å². The van der Waals surface area contributed by atoms with Crippen molar-refractivity contribution in [2.45, 2.75) is 6.42 Å². The Morgan fingerprint density at radius 3 is 2.67 bits per heavy atom. The van der Waals surface area contributed by atoms with Crippen LogP contribution in [-0.4, -0.2) is 56.2 Å². The first kappa shape index (κ1) is 9.32. The van der Waals surface area contributed by atoms with Crippen LogP contribution in [0.15, 0.2) is 0 Å². The molecule has 0 radical (unpaired) electrons. The van der Waals surface area contributed by atoms with Crippen LogP contribution in [0.4, 0.5) is 4.79 Å². The van der Waals surface area contributed by atoms with Crippen LogP contribution in [-0.2, 0) is 4.74 Å². The molecule has 1 saturated heterocycles. The largest absolute Gasteiger partial charge is 0.383 e. The van der Waals surface area contributed by atoms with E-state index in [1.165, 1.54) is 0 Å². The van der Waals surface area contributed by atoms with E-state index in [1.807, 2.05) is 4.90 Å². The van der Waals surface area contributed by atoms with Gasteiger partial charge in [0.2, 0.25) is 0 Å². The van der Waals surface area contributed by atoms with Crippen molar-refractivity contribution >= 4 is 6.03 Å². The highest BCUT2D eigenvalue weighted by Crippen LogP contribution is 2.08. The summed E-state index contributed by atoms with van der Waals surface area (Å²) in [5.41, 5.74) is 0. The summed E-state index contributed by atoms with van der Waals surface area (Å²) in [6.07, 6.45) is 1.14. The lowest BCUT2D eigenvalue weighted by Gasteiger charge is -2.34. The van der Waals surface area contributed by atoms with Crippen molar-refractivity contribution in [1.82, 2.24) is 9.80 Å². The highest BCUT2D eigenvalue weighted by Gasteiger charge is 2.22. The van der Waals surface area contributed by atoms with Crippen molar-refractivity contribution in [3.8, 4) is 0 Å². The number of carbonyl (C=O) groups excluding carboxylic acids is 1. The van der Waals surface area contributed by atoms with E-state index in [9.17, 15) is 4.79 Å². The first-order valence-corrected chi connectivity index (χ1v) is 4.24. The van der Waals surface area contributed by atoms with Crippen molar-refractivity contribution in [1.29, 1.82) is 0 Å². The van der Waals surface area contributed by atoms with Gasteiger partial charge in [-0.2, -0.15) is 0 Å². The van der Waals surface area contributed by atoms with Crippen LogP contribution >= 0.6 is 0 Å². The molecule has 0 spiro atoms. The Morgan fingerprint density at radius 1 is 1.58 bits per heavy atom. The Morgan fingerprint density at radius 2 is 2.25 bits per heavy atom. The first-order chi connectivity index (χ1) is 5.75. The van der Waals surface area contributed by atoms with Crippen LogP contribution in [0, 0.1) is 0 Å². The fourth-order valence-electron chi connectivity index (χ4n) is 1.07. The average molecular weight is 172 g/mol. The quantitative estimate of drug-likeness (QED) is 0.617. The Kier molecular flexibility index (Phi) is 3.34. The van der Waals surface area contributed by atoms with Crippen LogP contribution in [0.25, 0.3) is 0 Å². The molecule has 0 aromatic rings. The SMILES string of the molecule is COCCN(C)C(=O)N1CCC1. The molecule has 0 aromatic carbocycles. The number of likely N-dealkylation sites (N-methyl/N-ethyl adjacent to an activating group) is 1. The third-order valence-electron chi connectivity index (χ3n) is 2.08. The molecule has 0 unspecified atom stereocenters. The van der Waals surface area contributed by atoms with Gasteiger partial charge in [0.15, 0.2) is 0 Å². The van der Waals surface area contributed by atoms with E-state index >= 15 is 0 Å². The van der Waals surface area contributed by atoms with Gasteiger partial charge < -0.3 is 14.5 Å². The molecule has 4 heteroatoms. The second kappa shape index (κ2) is 4.30. The number of nitrogens with zero attached hydrogens (tertiary/aromatic N) is 2. The fraction of sp³-hybridized carbons (Fsp3) is 0.875. The zero-order valence-corrected chi connectivity index (χ0v) is 7.75. The van der Waals surface area contributed by atoms with Crippen molar-refractivity contribution in [2.24, 2.45) is 0 Å². The van der Waals surface area contributed by atoms with E-state index in [-0.39, 0.29) is 6.03 Å². The van der Waals surface area contributed by atoms with Gasteiger partial charge >= 0.3 is 6.03 Å². The number of hydrogen-bond acceptors (Lipinski definition) is 2. The molecule has 0 bridgehead atoms. The minimum absolute atomic E-state index is 0.123. The lowest BCUT2D eigenvalue weighted by molar-refractivity contribution is 0.117. The van der Waals surface area contributed by atoms with Gasteiger partial charge in [-0.25, -0.2) is 4.79 Å². The lowest BCUT2D eigenvalue weighted by atomic mass is 10.2. The molecule has 0 saturated carbocycles. The van der Waals surface area contributed by atoms with Gasteiger partial charge in [0.25, 0.3) is 0 Å². The summed E-state index contributed by atoms with van der Waals surface area (Å²) in [7, 11) is 3.45. The minimum atomic E-state index is 0.123. The summed E-state index contributed by atoms with van der Waals surface area (Å²) < 4.78 is 4.88. The standard InChI is InChI=1S/C8H16N2O2/c1-9(6-7-12-2)8(11)10-4-3-5-10/h3-7H2,1-2H3. The summed E-state index contributed by atoms with van der Waals surface area (Å²) >= 11 is 0. The van der Waals surface area contributed by atoms with E-state index < -0.39 is 0 Å². The van der Waals surface area contributed by atoms with Gasteiger partial charge in [0, 0.05) is 33.8 Å². The van der Waals surface area contributed by atoms with Gasteiger partial charge in [0.1, 0.15) is 0 Å². The van der Waals surface area contributed by atoms with Crippen LogP contribution in [0.3, 0.4) is 0 Å². The van der Waals surface area contributed by atoms with E-state index in [4.69, 9.17) is 4.74 Å². The zero-order valence-electron chi connectivity index (χ0n) is 7.75. The Labute approximate surface area is 73.1 Å². The maximum Gasteiger partial charge on any atom is 0.319 e. The van der Waals surface area contributed by atoms with E-state index in [0.29, 0.717) is 13.2 Å². The zero-order chi connectivity index (χ0) is 8.97. The number of methoxy groups -OCH3 is 1. The maximum absolute atomic E-state index is 11.4. The number of likely N-dealkylation sites (tertiary alicyclic amines) is 1. The summed E-state index contributed by atoms with van der Waals surface area (Å²) in [6.45, 7) is 3.11. The third-order valence-corrected chi connectivity index (χ3v) is 2.08. The third kappa shape index (κ3) is 2.11. The number of amides is 2. The molecule has 0 N–H and O–H groups in total. The molecular weight excluding hydrogens is 156 g/mol. The topological polar surface area (TPSA) is 32.8 Å². The van der Waals surface area contributed by atoms with Gasteiger partial charge in [-0.05, 0) is 6.42 Å². The Balaban J connectivity index is 2.20. The van der Waals surface area contributed by atoms with E-state index in [0.717, 1.165) is 19.5 Å². The summed E-state index contributed by atoms with van der Waals surface area (Å²) in [4.78, 5) is 15.0. The molecule has 1 aliphatic rings. The molecular formula is C8H16N2O2. The monoisotopic (exact) mass is 172 g/mol. The molecule has 12 heavy (non-hydrogen) atoms. The van der Waals surface area contributed by atoms with Crippen molar-refractivity contribution in [2.75, 3.05) is 40.4 Å². The van der Waals surface area contributed by atoms with E-state index in [1.54, 1.807) is 19.1 Å². The maximum atomic E-state index is 11.4. The molecule has 1 rings (SSSR count). The van der Waals surface area contributed by atoms with Crippen molar-refractivity contribution in [3.63, 3.8) is 0 Å². The molecule has 0 atom stereocenters. The molecule has 0 aromatic heterocycles. The number of urea groups is 1. The summed E-state index contributed by atoms with van der Waals surface area (Å²) in [5.74, 6) is 0. The predicted octanol–water partition coefficient (Wildman–Crippen LogP) is 0.390.